The summed E-state index contributed by atoms with van der Waals surface area (Å²) in [6, 6.07) is 18.7. The number of rotatable bonds is 5. The fourth-order valence-electron chi connectivity index (χ4n) is 3.80. The first-order valence-corrected chi connectivity index (χ1v) is 10.1. The van der Waals surface area contributed by atoms with Gasteiger partial charge in [-0.15, -0.1) is 0 Å². The van der Waals surface area contributed by atoms with Crippen LogP contribution in [0.1, 0.15) is 28.3 Å². The highest BCUT2D eigenvalue weighted by molar-refractivity contribution is 6.04. The molecule has 2 aromatic carbocycles. The van der Waals surface area contributed by atoms with Crippen LogP contribution in [0.4, 0.5) is 11.4 Å². The second-order valence-corrected chi connectivity index (χ2v) is 7.69. The molecule has 4 aromatic rings. The lowest BCUT2D eigenvalue weighted by molar-refractivity contribution is -0.117. The lowest BCUT2D eigenvalue weighted by Crippen LogP contribution is -2.15. The zero-order valence-corrected chi connectivity index (χ0v) is 16.7. The summed E-state index contributed by atoms with van der Waals surface area (Å²) in [5, 5.41) is 7.95. The monoisotopic (exact) mass is 408 g/mol. The van der Waals surface area contributed by atoms with E-state index in [4.69, 9.17) is 0 Å². The fourth-order valence-corrected chi connectivity index (χ4v) is 3.80. The Morgan fingerprint density at radius 2 is 1.65 bits per heavy atom. The van der Waals surface area contributed by atoms with Crippen LogP contribution in [-0.2, 0) is 4.79 Å². The van der Waals surface area contributed by atoms with Crippen LogP contribution in [-0.4, -0.2) is 21.8 Å². The van der Waals surface area contributed by atoms with Gasteiger partial charge in [0, 0.05) is 53.0 Å². The van der Waals surface area contributed by atoms with Gasteiger partial charge in [0.2, 0.25) is 5.91 Å². The molecule has 2 amide bonds. The van der Waals surface area contributed by atoms with Crippen molar-refractivity contribution in [1.82, 2.24) is 9.97 Å². The smallest absolute Gasteiger partial charge is 0.255 e. The molecule has 1 saturated carbocycles. The first-order valence-electron chi connectivity index (χ1n) is 10.1. The van der Waals surface area contributed by atoms with Crippen LogP contribution in [0.25, 0.3) is 10.8 Å². The molecule has 1 aliphatic rings. The van der Waals surface area contributed by atoms with Crippen molar-refractivity contribution in [3.8, 4) is 0 Å². The van der Waals surface area contributed by atoms with E-state index in [0.717, 1.165) is 28.4 Å². The van der Waals surface area contributed by atoms with Crippen molar-refractivity contribution in [2.75, 3.05) is 10.6 Å². The highest BCUT2D eigenvalue weighted by atomic mass is 16.2. The molecule has 5 rings (SSSR count). The summed E-state index contributed by atoms with van der Waals surface area (Å²) in [6.45, 7) is 0. The summed E-state index contributed by atoms with van der Waals surface area (Å²) in [4.78, 5) is 33.4. The number of amides is 2. The van der Waals surface area contributed by atoms with Crippen LogP contribution in [0.2, 0.25) is 0 Å². The summed E-state index contributed by atoms with van der Waals surface area (Å²) >= 11 is 0. The standard InChI is InChI=1S/C25H20N4O2/c30-24(28-20-7-10-26-11-8-20)18-3-1-2-17(12-18)22-14-23(22)25(31)29-21-5-4-19-15-27-9-6-16(19)13-21/h1-13,15,22-23H,14H2,(H,29,31)(H,26,28,30)/t22-,23+/m0/s1. The molecule has 0 saturated heterocycles. The Hall–Kier alpha value is -4.06. The van der Waals surface area contributed by atoms with E-state index in [9.17, 15) is 9.59 Å². The van der Waals surface area contributed by atoms with Crippen molar-refractivity contribution in [1.29, 1.82) is 0 Å². The third-order valence-corrected chi connectivity index (χ3v) is 5.55. The molecule has 0 bridgehead atoms. The molecule has 0 radical (unpaired) electrons. The molecule has 6 heteroatoms. The van der Waals surface area contributed by atoms with Crippen LogP contribution >= 0.6 is 0 Å². The molecule has 31 heavy (non-hydrogen) atoms. The van der Waals surface area contributed by atoms with Gasteiger partial charge >= 0.3 is 0 Å². The molecule has 0 spiro atoms. The number of pyridine rings is 2. The van der Waals surface area contributed by atoms with Crippen molar-refractivity contribution in [2.45, 2.75) is 12.3 Å². The van der Waals surface area contributed by atoms with Crippen LogP contribution in [0.5, 0.6) is 0 Å². The Labute approximate surface area is 179 Å². The number of fused-ring (bicyclic) bond motifs is 1. The van der Waals surface area contributed by atoms with Crippen LogP contribution in [0.3, 0.4) is 0 Å². The first-order chi connectivity index (χ1) is 15.2. The summed E-state index contributed by atoms with van der Waals surface area (Å²) in [5.74, 6) is -0.143. The molecule has 0 unspecified atom stereocenters. The molecular formula is C25H20N4O2. The molecule has 0 aliphatic heterocycles. The van der Waals surface area contributed by atoms with Crippen LogP contribution in [0, 0.1) is 5.92 Å². The number of anilines is 2. The maximum absolute atomic E-state index is 12.7. The predicted molar refractivity (Wildman–Crippen MR) is 120 cm³/mol. The van der Waals surface area contributed by atoms with Crippen molar-refractivity contribution >= 4 is 34.0 Å². The van der Waals surface area contributed by atoms with Gasteiger partial charge in [-0.2, -0.15) is 0 Å². The third-order valence-electron chi connectivity index (χ3n) is 5.55. The van der Waals surface area contributed by atoms with E-state index in [0.29, 0.717) is 11.3 Å². The molecule has 152 valence electrons. The highest BCUT2D eigenvalue weighted by Gasteiger charge is 2.44. The Morgan fingerprint density at radius 3 is 2.52 bits per heavy atom. The molecule has 2 heterocycles. The zero-order valence-electron chi connectivity index (χ0n) is 16.7. The van der Waals surface area contributed by atoms with Gasteiger partial charge in [0.25, 0.3) is 5.91 Å². The minimum atomic E-state index is -0.180. The van der Waals surface area contributed by atoms with Gasteiger partial charge in [-0.25, -0.2) is 0 Å². The van der Waals surface area contributed by atoms with Gasteiger partial charge < -0.3 is 10.6 Å². The van der Waals surface area contributed by atoms with E-state index in [1.165, 1.54) is 0 Å². The summed E-state index contributed by atoms with van der Waals surface area (Å²) in [7, 11) is 0. The summed E-state index contributed by atoms with van der Waals surface area (Å²) in [5.41, 5.74) is 3.05. The average molecular weight is 408 g/mol. The maximum Gasteiger partial charge on any atom is 0.255 e. The minimum Gasteiger partial charge on any atom is -0.326 e. The highest BCUT2D eigenvalue weighted by Crippen LogP contribution is 2.48. The second-order valence-electron chi connectivity index (χ2n) is 7.69. The number of nitrogens with zero attached hydrogens (tertiary/aromatic N) is 2. The Kier molecular flexibility index (Phi) is 4.88. The van der Waals surface area contributed by atoms with Crippen LogP contribution in [0.15, 0.2) is 85.5 Å². The normalized spacial score (nSPS) is 17.2. The van der Waals surface area contributed by atoms with Gasteiger partial charge in [-0.05, 0) is 65.8 Å². The Bertz CT molecular complexity index is 1270. The second kappa shape index (κ2) is 7.99. The van der Waals surface area contributed by atoms with Gasteiger partial charge in [0.05, 0.1) is 0 Å². The molecular weight excluding hydrogens is 388 g/mol. The number of carbonyl (C=O) groups is 2. The summed E-state index contributed by atoms with van der Waals surface area (Å²) < 4.78 is 0. The number of carbonyl (C=O) groups excluding carboxylic acids is 2. The largest absolute Gasteiger partial charge is 0.326 e. The Morgan fingerprint density at radius 1 is 0.806 bits per heavy atom. The van der Waals surface area contributed by atoms with Crippen LogP contribution < -0.4 is 10.6 Å². The van der Waals surface area contributed by atoms with Gasteiger partial charge in [-0.3, -0.25) is 19.6 Å². The Balaban J connectivity index is 1.25. The van der Waals surface area contributed by atoms with Gasteiger partial charge in [0.15, 0.2) is 0 Å². The van der Waals surface area contributed by atoms with E-state index in [-0.39, 0.29) is 23.7 Å². The fraction of sp³-hybridized carbons (Fsp3) is 0.120. The van der Waals surface area contributed by atoms with E-state index in [1.807, 2.05) is 42.5 Å². The number of nitrogens with one attached hydrogen (secondary N) is 2. The van der Waals surface area contributed by atoms with Gasteiger partial charge in [-0.1, -0.05) is 18.2 Å². The van der Waals surface area contributed by atoms with Gasteiger partial charge in [0.1, 0.15) is 0 Å². The van der Waals surface area contributed by atoms with E-state index >= 15 is 0 Å². The van der Waals surface area contributed by atoms with Crippen molar-refractivity contribution in [2.24, 2.45) is 5.92 Å². The van der Waals surface area contributed by atoms with Crippen molar-refractivity contribution < 1.29 is 9.59 Å². The molecule has 1 aliphatic carbocycles. The van der Waals surface area contributed by atoms with Crippen molar-refractivity contribution in [3.05, 3.63) is 96.6 Å². The molecule has 1 fully saturated rings. The van der Waals surface area contributed by atoms with E-state index < -0.39 is 0 Å². The number of aromatic nitrogens is 2. The third kappa shape index (κ3) is 4.14. The minimum absolute atomic E-state index is 0.00467. The molecule has 2 atom stereocenters. The molecule has 2 N–H and O–H groups in total. The number of hydrogen-bond donors (Lipinski definition) is 2. The predicted octanol–water partition coefficient (Wildman–Crippen LogP) is 4.62. The topological polar surface area (TPSA) is 84.0 Å². The maximum atomic E-state index is 12.7. The van der Waals surface area contributed by atoms with E-state index in [1.54, 1.807) is 43.0 Å². The average Bonchev–Trinajstić information content (AvgIpc) is 3.61. The molecule has 6 nitrogen and oxygen atoms in total. The molecule has 2 aromatic heterocycles. The quantitative estimate of drug-likeness (QED) is 0.505. The lowest BCUT2D eigenvalue weighted by Gasteiger charge is -2.08. The first kappa shape index (κ1) is 18.9. The summed E-state index contributed by atoms with van der Waals surface area (Å²) in [6.07, 6.45) is 7.58. The van der Waals surface area contributed by atoms with E-state index in [2.05, 4.69) is 20.6 Å². The van der Waals surface area contributed by atoms with Crippen molar-refractivity contribution in [3.63, 3.8) is 0 Å². The lowest BCUT2D eigenvalue weighted by atomic mass is 10.0. The number of benzene rings is 2. The number of hydrogen-bond acceptors (Lipinski definition) is 4. The SMILES string of the molecule is O=C(Nc1ccncc1)c1cccc([C@@H]2C[C@H]2C(=O)Nc2ccc3cnccc3c2)c1. The zero-order chi connectivity index (χ0) is 21.2.